The van der Waals surface area contributed by atoms with E-state index >= 15 is 0 Å². The lowest BCUT2D eigenvalue weighted by Gasteiger charge is -2.09. The van der Waals surface area contributed by atoms with Crippen LogP contribution >= 0.6 is 11.3 Å². The number of hydrogen-bond donors (Lipinski definition) is 2. The summed E-state index contributed by atoms with van der Waals surface area (Å²) in [6.45, 7) is 6.66. The molecule has 1 unspecified atom stereocenters. The molecule has 0 aromatic carbocycles. The highest BCUT2D eigenvalue weighted by Crippen LogP contribution is 2.17. The number of thiazole rings is 1. The topological polar surface area (TPSA) is 54.0 Å². The Hall–Kier alpha value is -0.940. The minimum atomic E-state index is 0.0231. The molecule has 2 N–H and O–H groups in total. The normalized spacial score (nSPS) is 20.0. The van der Waals surface area contributed by atoms with Crippen molar-refractivity contribution in [1.82, 2.24) is 15.6 Å². The standard InChI is InChI=1S/C11H17N3OS/c1-7-10(16-8(2)14-7)11(15)13-6-9-3-4-12-5-9/h9,12H,3-6H2,1-2H3,(H,13,15). The second-order valence-electron chi connectivity index (χ2n) is 4.22. The van der Waals surface area contributed by atoms with Gasteiger partial charge in [-0.05, 0) is 39.3 Å². The van der Waals surface area contributed by atoms with Gasteiger partial charge in [0, 0.05) is 6.54 Å². The molecular weight excluding hydrogens is 222 g/mol. The van der Waals surface area contributed by atoms with E-state index in [9.17, 15) is 4.79 Å². The van der Waals surface area contributed by atoms with Gasteiger partial charge in [0.2, 0.25) is 0 Å². The van der Waals surface area contributed by atoms with Crippen molar-refractivity contribution < 1.29 is 4.79 Å². The first kappa shape index (κ1) is 11.5. The van der Waals surface area contributed by atoms with Gasteiger partial charge in [-0.2, -0.15) is 0 Å². The molecule has 1 aliphatic heterocycles. The number of carbonyl (C=O) groups excluding carboxylic acids is 1. The van der Waals surface area contributed by atoms with Crippen LogP contribution in [0.1, 0.15) is 26.8 Å². The molecule has 0 spiro atoms. The Morgan fingerprint density at radius 3 is 3.00 bits per heavy atom. The molecule has 1 aromatic heterocycles. The van der Waals surface area contributed by atoms with Crippen LogP contribution in [0.2, 0.25) is 0 Å². The third-order valence-corrected chi connectivity index (χ3v) is 3.90. The minimum absolute atomic E-state index is 0.0231. The zero-order chi connectivity index (χ0) is 11.5. The molecule has 1 aliphatic rings. The molecule has 88 valence electrons. The molecule has 1 saturated heterocycles. The van der Waals surface area contributed by atoms with E-state index in [1.165, 1.54) is 11.3 Å². The number of nitrogens with zero attached hydrogens (tertiary/aromatic N) is 1. The molecule has 1 atom stereocenters. The average Bonchev–Trinajstić information content (AvgIpc) is 2.84. The molecule has 0 bridgehead atoms. The van der Waals surface area contributed by atoms with Gasteiger partial charge in [0.05, 0.1) is 10.7 Å². The Morgan fingerprint density at radius 2 is 2.44 bits per heavy atom. The van der Waals surface area contributed by atoms with Crippen molar-refractivity contribution in [1.29, 1.82) is 0 Å². The number of nitrogens with one attached hydrogen (secondary N) is 2. The maximum atomic E-state index is 11.9. The van der Waals surface area contributed by atoms with Crippen LogP contribution in [0.25, 0.3) is 0 Å². The summed E-state index contributed by atoms with van der Waals surface area (Å²) in [4.78, 5) is 16.9. The molecule has 16 heavy (non-hydrogen) atoms. The molecule has 1 amide bonds. The van der Waals surface area contributed by atoms with Crippen molar-refractivity contribution in [3.05, 3.63) is 15.6 Å². The van der Waals surface area contributed by atoms with Gasteiger partial charge in [-0.1, -0.05) is 0 Å². The SMILES string of the molecule is Cc1nc(C)c(C(=O)NCC2CCNC2)s1. The first-order valence-electron chi connectivity index (χ1n) is 5.59. The molecule has 0 aliphatic carbocycles. The van der Waals surface area contributed by atoms with Crippen molar-refractivity contribution in [2.75, 3.05) is 19.6 Å². The highest BCUT2D eigenvalue weighted by atomic mass is 32.1. The summed E-state index contributed by atoms with van der Waals surface area (Å²) in [6, 6.07) is 0. The highest BCUT2D eigenvalue weighted by molar-refractivity contribution is 7.13. The zero-order valence-corrected chi connectivity index (χ0v) is 10.5. The number of amides is 1. The monoisotopic (exact) mass is 239 g/mol. The summed E-state index contributed by atoms with van der Waals surface area (Å²) < 4.78 is 0. The van der Waals surface area contributed by atoms with E-state index in [-0.39, 0.29) is 5.91 Å². The van der Waals surface area contributed by atoms with Crippen LogP contribution in [0.15, 0.2) is 0 Å². The maximum absolute atomic E-state index is 11.9. The van der Waals surface area contributed by atoms with Gasteiger partial charge in [-0.15, -0.1) is 11.3 Å². The van der Waals surface area contributed by atoms with Gasteiger partial charge < -0.3 is 10.6 Å². The van der Waals surface area contributed by atoms with Crippen molar-refractivity contribution >= 4 is 17.2 Å². The van der Waals surface area contributed by atoms with Gasteiger partial charge in [-0.3, -0.25) is 4.79 Å². The predicted molar refractivity (Wildman–Crippen MR) is 64.9 cm³/mol. The van der Waals surface area contributed by atoms with E-state index in [4.69, 9.17) is 0 Å². The molecular formula is C11H17N3OS. The van der Waals surface area contributed by atoms with E-state index in [0.29, 0.717) is 5.92 Å². The number of aryl methyl sites for hydroxylation is 2. The summed E-state index contributed by atoms with van der Waals surface area (Å²) in [6.07, 6.45) is 1.15. The van der Waals surface area contributed by atoms with E-state index in [0.717, 1.165) is 41.6 Å². The molecule has 1 fully saturated rings. The van der Waals surface area contributed by atoms with Gasteiger partial charge in [-0.25, -0.2) is 4.98 Å². The Bertz CT molecular complexity index is 383. The molecule has 0 saturated carbocycles. The van der Waals surface area contributed by atoms with Gasteiger partial charge in [0.15, 0.2) is 0 Å². The Kier molecular flexibility index (Phi) is 3.56. The quantitative estimate of drug-likeness (QED) is 0.830. The van der Waals surface area contributed by atoms with Crippen LogP contribution in [-0.2, 0) is 0 Å². The minimum Gasteiger partial charge on any atom is -0.351 e. The van der Waals surface area contributed by atoms with Crippen LogP contribution in [0, 0.1) is 19.8 Å². The van der Waals surface area contributed by atoms with E-state index in [1.54, 1.807) is 0 Å². The van der Waals surface area contributed by atoms with Crippen molar-refractivity contribution in [2.45, 2.75) is 20.3 Å². The maximum Gasteiger partial charge on any atom is 0.263 e. The summed E-state index contributed by atoms with van der Waals surface area (Å²) >= 11 is 1.47. The molecule has 0 radical (unpaired) electrons. The van der Waals surface area contributed by atoms with Gasteiger partial charge in [0.1, 0.15) is 4.88 Å². The zero-order valence-electron chi connectivity index (χ0n) is 9.67. The van der Waals surface area contributed by atoms with Crippen LogP contribution < -0.4 is 10.6 Å². The average molecular weight is 239 g/mol. The van der Waals surface area contributed by atoms with Crippen LogP contribution in [-0.4, -0.2) is 30.5 Å². The van der Waals surface area contributed by atoms with Crippen molar-refractivity contribution in [2.24, 2.45) is 5.92 Å². The molecule has 1 aromatic rings. The highest BCUT2D eigenvalue weighted by Gasteiger charge is 2.18. The number of rotatable bonds is 3. The lowest BCUT2D eigenvalue weighted by atomic mass is 10.1. The van der Waals surface area contributed by atoms with Crippen molar-refractivity contribution in [3.8, 4) is 0 Å². The Morgan fingerprint density at radius 1 is 1.62 bits per heavy atom. The number of hydrogen-bond acceptors (Lipinski definition) is 4. The van der Waals surface area contributed by atoms with Gasteiger partial charge >= 0.3 is 0 Å². The second-order valence-corrected chi connectivity index (χ2v) is 5.42. The third kappa shape index (κ3) is 2.59. The van der Waals surface area contributed by atoms with E-state index in [2.05, 4.69) is 15.6 Å². The van der Waals surface area contributed by atoms with Crippen LogP contribution in [0.5, 0.6) is 0 Å². The number of aromatic nitrogens is 1. The van der Waals surface area contributed by atoms with Gasteiger partial charge in [0.25, 0.3) is 5.91 Å². The summed E-state index contributed by atoms with van der Waals surface area (Å²) in [7, 11) is 0. The van der Waals surface area contributed by atoms with E-state index < -0.39 is 0 Å². The molecule has 5 heteroatoms. The van der Waals surface area contributed by atoms with Crippen LogP contribution in [0.4, 0.5) is 0 Å². The fraction of sp³-hybridized carbons (Fsp3) is 0.636. The Balaban J connectivity index is 1.90. The third-order valence-electron chi connectivity index (χ3n) is 2.82. The summed E-state index contributed by atoms with van der Waals surface area (Å²) in [5.74, 6) is 0.605. The first-order chi connectivity index (χ1) is 7.66. The fourth-order valence-electron chi connectivity index (χ4n) is 1.95. The fourth-order valence-corrected chi connectivity index (χ4v) is 2.78. The molecule has 4 nitrogen and oxygen atoms in total. The molecule has 2 heterocycles. The molecule has 2 rings (SSSR count). The largest absolute Gasteiger partial charge is 0.351 e. The Labute approximate surface area is 99.5 Å². The summed E-state index contributed by atoms with van der Waals surface area (Å²) in [5.41, 5.74) is 0.838. The predicted octanol–water partition coefficient (Wildman–Crippen LogP) is 1.10. The van der Waals surface area contributed by atoms with Crippen LogP contribution in [0.3, 0.4) is 0 Å². The van der Waals surface area contributed by atoms with Crippen molar-refractivity contribution in [3.63, 3.8) is 0 Å². The second kappa shape index (κ2) is 4.93. The summed E-state index contributed by atoms with van der Waals surface area (Å²) in [5, 5.41) is 7.23. The van der Waals surface area contributed by atoms with E-state index in [1.807, 2.05) is 13.8 Å². The first-order valence-corrected chi connectivity index (χ1v) is 6.41. The lowest BCUT2D eigenvalue weighted by Crippen LogP contribution is -2.30. The number of carbonyl (C=O) groups is 1. The lowest BCUT2D eigenvalue weighted by molar-refractivity contribution is 0.0951. The smallest absolute Gasteiger partial charge is 0.263 e.